The Morgan fingerprint density at radius 3 is 2.41 bits per heavy atom. The van der Waals surface area contributed by atoms with E-state index in [0.717, 1.165) is 11.3 Å². The number of rotatable bonds is 7. The fourth-order valence-electron chi connectivity index (χ4n) is 2.47. The Kier molecular flexibility index (Phi) is 6.56. The van der Waals surface area contributed by atoms with Crippen LogP contribution >= 0.6 is 0 Å². The highest BCUT2D eigenvalue weighted by molar-refractivity contribution is 5.88. The van der Waals surface area contributed by atoms with Gasteiger partial charge in [-0.2, -0.15) is 0 Å². The Labute approximate surface area is 132 Å². The summed E-state index contributed by atoms with van der Waals surface area (Å²) < 4.78 is 0. The molecule has 22 heavy (non-hydrogen) atoms. The fourth-order valence-corrected chi connectivity index (χ4v) is 2.47. The number of benzene rings is 1. The molecule has 0 radical (unpaired) electrons. The van der Waals surface area contributed by atoms with Crippen LogP contribution in [-0.2, 0) is 9.59 Å². The predicted molar refractivity (Wildman–Crippen MR) is 89.4 cm³/mol. The van der Waals surface area contributed by atoms with Gasteiger partial charge in [0.05, 0.1) is 11.5 Å². The highest BCUT2D eigenvalue weighted by Gasteiger charge is 2.34. The van der Waals surface area contributed by atoms with E-state index in [4.69, 9.17) is 5.73 Å². The maximum Gasteiger partial charge on any atom is 0.227 e. The highest BCUT2D eigenvalue weighted by atomic mass is 16.2. The third-order valence-corrected chi connectivity index (χ3v) is 4.28. The molecule has 5 nitrogen and oxygen atoms in total. The van der Waals surface area contributed by atoms with Gasteiger partial charge in [0.15, 0.2) is 0 Å². The second-order valence-corrected chi connectivity index (χ2v) is 5.69. The van der Waals surface area contributed by atoms with Gasteiger partial charge in [-0.25, -0.2) is 0 Å². The van der Waals surface area contributed by atoms with Gasteiger partial charge in [-0.05, 0) is 37.5 Å². The van der Waals surface area contributed by atoms with Crippen LogP contribution in [0.2, 0.25) is 0 Å². The standard InChI is InChI=1S/C17H27N3O2/c1-5-17(6-2,11-18)16(22)19-12(3)14-8-7-9-15(10-14)20-13(4)21/h7-10,12H,5-6,11,18H2,1-4H3,(H,19,22)(H,20,21). The van der Waals surface area contributed by atoms with Crippen LogP contribution in [0.25, 0.3) is 0 Å². The molecule has 4 N–H and O–H groups in total. The van der Waals surface area contributed by atoms with E-state index in [0.29, 0.717) is 19.4 Å². The van der Waals surface area contributed by atoms with Crippen LogP contribution in [0.5, 0.6) is 0 Å². The maximum atomic E-state index is 12.5. The summed E-state index contributed by atoms with van der Waals surface area (Å²) in [6.45, 7) is 7.70. The third-order valence-electron chi connectivity index (χ3n) is 4.28. The van der Waals surface area contributed by atoms with E-state index in [-0.39, 0.29) is 17.9 Å². The lowest BCUT2D eigenvalue weighted by atomic mass is 9.81. The molecule has 1 aromatic carbocycles. The minimum Gasteiger partial charge on any atom is -0.349 e. The van der Waals surface area contributed by atoms with Gasteiger partial charge < -0.3 is 16.4 Å². The summed E-state index contributed by atoms with van der Waals surface area (Å²) in [6.07, 6.45) is 1.43. The second-order valence-electron chi connectivity index (χ2n) is 5.69. The average molecular weight is 305 g/mol. The molecule has 1 rings (SSSR count). The van der Waals surface area contributed by atoms with Crippen molar-refractivity contribution in [2.45, 2.75) is 46.6 Å². The number of anilines is 1. The molecule has 5 heteroatoms. The van der Waals surface area contributed by atoms with Crippen molar-refractivity contribution >= 4 is 17.5 Å². The summed E-state index contributed by atoms with van der Waals surface area (Å²) in [5.74, 6) is -0.134. The number of amides is 2. The summed E-state index contributed by atoms with van der Waals surface area (Å²) in [5, 5.41) is 5.78. The van der Waals surface area contributed by atoms with Gasteiger partial charge in [0.2, 0.25) is 11.8 Å². The number of nitrogens with two attached hydrogens (primary N) is 1. The van der Waals surface area contributed by atoms with E-state index in [9.17, 15) is 9.59 Å². The monoisotopic (exact) mass is 305 g/mol. The molecule has 0 spiro atoms. The normalized spacial score (nSPS) is 12.6. The molecule has 2 amide bonds. The summed E-state index contributed by atoms with van der Waals surface area (Å²) in [5.41, 5.74) is 6.97. The van der Waals surface area contributed by atoms with Gasteiger partial charge in [0.1, 0.15) is 0 Å². The molecule has 1 aromatic rings. The van der Waals surface area contributed by atoms with Gasteiger partial charge in [0, 0.05) is 19.2 Å². The first-order chi connectivity index (χ1) is 10.4. The second kappa shape index (κ2) is 7.94. The first-order valence-electron chi connectivity index (χ1n) is 7.77. The van der Waals surface area contributed by atoms with Crippen molar-refractivity contribution in [3.05, 3.63) is 29.8 Å². The smallest absolute Gasteiger partial charge is 0.227 e. The zero-order valence-corrected chi connectivity index (χ0v) is 13.9. The molecule has 0 aliphatic rings. The SMILES string of the molecule is CCC(CC)(CN)C(=O)NC(C)c1cccc(NC(C)=O)c1. The van der Waals surface area contributed by atoms with Crippen LogP contribution in [0.4, 0.5) is 5.69 Å². The van der Waals surface area contributed by atoms with E-state index in [2.05, 4.69) is 10.6 Å². The Morgan fingerprint density at radius 2 is 1.91 bits per heavy atom. The van der Waals surface area contributed by atoms with Crippen molar-refractivity contribution in [1.29, 1.82) is 0 Å². The molecule has 1 atom stereocenters. The van der Waals surface area contributed by atoms with Crippen molar-refractivity contribution in [3.63, 3.8) is 0 Å². The van der Waals surface area contributed by atoms with Crippen LogP contribution in [0.1, 0.15) is 52.1 Å². The lowest BCUT2D eigenvalue weighted by Crippen LogP contribution is -2.46. The highest BCUT2D eigenvalue weighted by Crippen LogP contribution is 2.27. The van der Waals surface area contributed by atoms with Crippen LogP contribution in [0.3, 0.4) is 0 Å². The minimum absolute atomic E-state index is 0.0163. The maximum absolute atomic E-state index is 12.5. The van der Waals surface area contributed by atoms with E-state index < -0.39 is 5.41 Å². The summed E-state index contributed by atoms with van der Waals surface area (Å²) in [4.78, 5) is 23.7. The number of carbonyl (C=O) groups is 2. The predicted octanol–water partition coefficient (Wildman–Crippen LogP) is 2.59. The zero-order chi connectivity index (χ0) is 16.8. The molecule has 0 heterocycles. The third kappa shape index (κ3) is 4.31. The minimum atomic E-state index is -0.510. The van der Waals surface area contributed by atoms with Crippen molar-refractivity contribution < 1.29 is 9.59 Å². The quantitative estimate of drug-likeness (QED) is 0.724. The number of carbonyl (C=O) groups excluding carboxylic acids is 2. The van der Waals surface area contributed by atoms with Gasteiger partial charge in [0.25, 0.3) is 0 Å². The van der Waals surface area contributed by atoms with E-state index in [1.807, 2.05) is 45.0 Å². The van der Waals surface area contributed by atoms with Crippen molar-refractivity contribution in [3.8, 4) is 0 Å². The number of hydrogen-bond donors (Lipinski definition) is 3. The Hall–Kier alpha value is -1.88. The van der Waals surface area contributed by atoms with Crippen LogP contribution in [0, 0.1) is 5.41 Å². The molecule has 1 unspecified atom stereocenters. The lowest BCUT2D eigenvalue weighted by Gasteiger charge is -2.30. The number of hydrogen-bond acceptors (Lipinski definition) is 3. The summed E-state index contributed by atoms with van der Waals surface area (Å²) in [7, 11) is 0. The van der Waals surface area contributed by atoms with Crippen LogP contribution in [0.15, 0.2) is 24.3 Å². The summed E-state index contributed by atoms with van der Waals surface area (Å²) >= 11 is 0. The van der Waals surface area contributed by atoms with Gasteiger partial charge in [-0.1, -0.05) is 26.0 Å². The molecule has 0 saturated heterocycles. The van der Waals surface area contributed by atoms with E-state index in [1.165, 1.54) is 6.92 Å². The molecular formula is C17H27N3O2. The average Bonchev–Trinajstić information content (AvgIpc) is 2.49. The largest absolute Gasteiger partial charge is 0.349 e. The van der Waals surface area contributed by atoms with Gasteiger partial charge in [-0.3, -0.25) is 9.59 Å². The van der Waals surface area contributed by atoms with Crippen molar-refractivity contribution in [1.82, 2.24) is 5.32 Å². The van der Waals surface area contributed by atoms with Gasteiger partial charge >= 0.3 is 0 Å². The van der Waals surface area contributed by atoms with Crippen LogP contribution < -0.4 is 16.4 Å². The fraction of sp³-hybridized carbons (Fsp3) is 0.529. The molecule has 0 aliphatic heterocycles. The molecule has 0 saturated carbocycles. The lowest BCUT2D eigenvalue weighted by molar-refractivity contribution is -0.131. The zero-order valence-electron chi connectivity index (χ0n) is 13.9. The topological polar surface area (TPSA) is 84.2 Å². The van der Waals surface area contributed by atoms with Crippen molar-refractivity contribution in [2.75, 3.05) is 11.9 Å². The molecule has 0 fully saturated rings. The Balaban J connectivity index is 2.86. The van der Waals surface area contributed by atoms with E-state index >= 15 is 0 Å². The van der Waals surface area contributed by atoms with E-state index in [1.54, 1.807) is 0 Å². The van der Waals surface area contributed by atoms with Gasteiger partial charge in [-0.15, -0.1) is 0 Å². The van der Waals surface area contributed by atoms with Crippen molar-refractivity contribution in [2.24, 2.45) is 11.1 Å². The summed E-state index contributed by atoms with van der Waals surface area (Å²) in [6, 6.07) is 7.33. The number of nitrogens with one attached hydrogen (secondary N) is 2. The van der Waals surface area contributed by atoms with Crippen LogP contribution in [-0.4, -0.2) is 18.4 Å². The molecule has 0 aliphatic carbocycles. The molecule has 0 aromatic heterocycles. The molecule has 122 valence electrons. The first-order valence-corrected chi connectivity index (χ1v) is 7.77. The molecular weight excluding hydrogens is 278 g/mol. The Morgan fingerprint density at radius 1 is 1.27 bits per heavy atom. The Bertz CT molecular complexity index is 516. The first kappa shape index (κ1) is 18.2. The molecule has 0 bridgehead atoms.